The van der Waals surface area contributed by atoms with Crippen LogP contribution in [0.2, 0.25) is 5.02 Å². The number of rotatable bonds is 7. The molecule has 4 rings (SSSR count). The number of hydrogen-bond donors (Lipinski definition) is 4. The van der Waals surface area contributed by atoms with Crippen LogP contribution in [0.4, 0.5) is 32.3 Å². The average Bonchev–Trinajstić information content (AvgIpc) is 2.98. The van der Waals surface area contributed by atoms with E-state index in [2.05, 4.69) is 26.0 Å². The number of amides is 4. The van der Waals surface area contributed by atoms with Gasteiger partial charge < -0.3 is 30.7 Å². The summed E-state index contributed by atoms with van der Waals surface area (Å²) in [4.78, 5) is 46.4. The van der Waals surface area contributed by atoms with Gasteiger partial charge in [0.15, 0.2) is 0 Å². The minimum atomic E-state index is -0.412. The van der Waals surface area contributed by atoms with E-state index in [0.717, 1.165) is 0 Å². The third-order valence-corrected chi connectivity index (χ3v) is 5.57. The number of methoxy groups -OCH3 is 1. The standard InChI is InChI=1S/C16H15ClN2O3.C15H14N2O3/c1-2-22-15(20)11-6-8-13(9-7-11)18-16(21)19-14-5-3-4-12(17)10-14;1-20-14(18)11-7-9-13(10-8-11)17-15(19)16-12-5-3-2-4-6-12/h3-10H,2H2,1H3,(H2,18,19,21);2-10H,1H3,(H2,16,17,19). The zero-order valence-corrected chi connectivity index (χ0v) is 23.6. The summed E-state index contributed by atoms with van der Waals surface area (Å²) >= 11 is 5.85. The van der Waals surface area contributed by atoms with E-state index in [4.69, 9.17) is 16.3 Å². The number of urea groups is 2. The second-order valence-electron chi connectivity index (χ2n) is 8.40. The highest BCUT2D eigenvalue weighted by molar-refractivity contribution is 6.30. The molecule has 0 aliphatic heterocycles. The predicted molar refractivity (Wildman–Crippen MR) is 163 cm³/mol. The van der Waals surface area contributed by atoms with Crippen molar-refractivity contribution in [3.8, 4) is 0 Å². The SMILES string of the molecule is CCOC(=O)c1ccc(NC(=O)Nc2cccc(Cl)c2)cc1.COC(=O)c1ccc(NC(=O)Nc2ccccc2)cc1. The lowest BCUT2D eigenvalue weighted by Gasteiger charge is -2.08. The molecule has 10 nitrogen and oxygen atoms in total. The number of esters is 2. The second-order valence-corrected chi connectivity index (χ2v) is 8.84. The fraction of sp³-hybridized carbons (Fsp3) is 0.0968. The summed E-state index contributed by atoms with van der Waals surface area (Å²) in [6, 6.07) is 28.1. The van der Waals surface area contributed by atoms with E-state index in [1.165, 1.54) is 7.11 Å². The van der Waals surface area contributed by atoms with Gasteiger partial charge in [0.1, 0.15) is 0 Å². The minimum absolute atomic E-state index is 0.320. The number of nitrogens with one attached hydrogen (secondary N) is 4. The van der Waals surface area contributed by atoms with Crippen LogP contribution in [0.25, 0.3) is 0 Å². The summed E-state index contributed by atoms with van der Waals surface area (Å²) in [5, 5.41) is 11.2. The molecular weight excluding hydrogens is 560 g/mol. The van der Waals surface area contributed by atoms with Gasteiger partial charge in [-0.25, -0.2) is 19.2 Å². The Bertz CT molecular complexity index is 1500. The Morgan fingerprint density at radius 3 is 1.52 bits per heavy atom. The monoisotopic (exact) mass is 588 g/mol. The van der Waals surface area contributed by atoms with E-state index in [1.54, 1.807) is 91.9 Å². The molecule has 0 heterocycles. The molecule has 4 amide bonds. The van der Waals surface area contributed by atoms with Gasteiger partial charge in [0.2, 0.25) is 0 Å². The molecule has 42 heavy (non-hydrogen) atoms. The highest BCUT2D eigenvalue weighted by atomic mass is 35.5. The number of hydrogen-bond acceptors (Lipinski definition) is 6. The van der Waals surface area contributed by atoms with Gasteiger partial charge in [-0.1, -0.05) is 35.9 Å². The van der Waals surface area contributed by atoms with Gasteiger partial charge in [-0.15, -0.1) is 0 Å². The molecule has 11 heteroatoms. The number of halogens is 1. The zero-order valence-electron chi connectivity index (χ0n) is 22.8. The number of anilines is 4. The molecule has 0 bridgehead atoms. The maximum atomic E-state index is 11.9. The smallest absolute Gasteiger partial charge is 0.338 e. The summed E-state index contributed by atoms with van der Waals surface area (Å²) in [6.07, 6.45) is 0. The van der Waals surface area contributed by atoms with Crippen LogP contribution in [0, 0.1) is 0 Å². The van der Waals surface area contributed by atoms with Crippen molar-refractivity contribution in [3.63, 3.8) is 0 Å². The van der Waals surface area contributed by atoms with Crippen LogP contribution in [0.3, 0.4) is 0 Å². The molecule has 4 N–H and O–H groups in total. The van der Waals surface area contributed by atoms with Crippen molar-refractivity contribution < 1.29 is 28.7 Å². The summed E-state index contributed by atoms with van der Waals surface area (Å²) in [5.41, 5.74) is 3.31. The molecule has 216 valence electrons. The first-order valence-corrected chi connectivity index (χ1v) is 13.1. The van der Waals surface area contributed by atoms with Gasteiger partial charge in [-0.3, -0.25) is 0 Å². The normalized spacial score (nSPS) is 9.79. The number of carbonyl (C=O) groups excluding carboxylic acids is 4. The van der Waals surface area contributed by atoms with Crippen LogP contribution in [-0.2, 0) is 9.47 Å². The molecule has 0 saturated carbocycles. The number of carbonyl (C=O) groups is 4. The summed E-state index contributed by atoms with van der Waals surface area (Å²) < 4.78 is 9.49. The Morgan fingerprint density at radius 2 is 1.05 bits per heavy atom. The molecule has 0 saturated heterocycles. The Kier molecular flexibility index (Phi) is 11.9. The van der Waals surface area contributed by atoms with Gasteiger partial charge >= 0.3 is 24.0 Å². The first kappa shape index (κ1) is 31.2. The van der Waals surface area contributed by atoms with Crippen molar-refractivity contribution in [1.82, 2.24) is 0 Å². The van der Waals surface area contributed by atoms with E-state index < -0.39 is 18.0 Å². The van der Waals surface area contributed by atoms with Crippen LogP contribution >= 0.6 is 11.6 Å². The maximum absolute atomic E-state index is 11.9. The summed E-state index contributed by atoms with van der Waals surface area (Å²) in [7, 11) is 1.32. The van der Waals surface area contributed by atoms with Crippen LogP contribution in [-0.4, -0.2) is 37.7 Å². The van der Waals surface area contributed by atoms with Crippen molar-refractivity contribution in [2.45, 2.75) is 6.92 Å². The predicted octanol–water partition coefficient (Wildman–Crippen LogP) is 7.28. The summed E-state index contributed by atoms with van der Waals surface area (Å²) in [6.45, 7) is 2.06. The molecule has 0 spiro atoms. The Hall–Kier alpha value is -5.35. The third-order valence-electron chi connectivity index (χ3n) is 5.33. The van der Waals surface area contributed by atoms with Crippen molar-refractivity contribution in [3.05, 3.63) is 119 Å². The van der Waals surface area contributed by atoms with Crippen LogP contribution in [0.1, 0.15) is 27.6 Å². The number of benzene rings is 4. The lowest BCUT2D eigenvalue weighted by Crippen LogP contribution is -2.19. The van der Waals surface area contributed by atoms with Crippen molar-refractivity contribution in [1.29, 1.82) is 0 Å². The zero-order chi connectivity index (χ0) is 30.3. The molecule has 0 aliphatic rings. The Balaban J connectivity index is 0.000000231. The van der Waals surface area contributed by atoms with Gasteiger partial charge in [0.05, 0.1) is 24.8 Å². The third kappa shape index (κ3) is 10.3. The number of ether oxygens (including phenoxy) is 2. The van der Waals surface area contributed by atoms with Gasteiger partial charge in [0, 0.05) is 27.8 Å². The topological polar surface area (TPSA) is 135 Å². The van der Waals surface area contributed by atoms with Crippen molar-refractivity contribution in [2.24, 2.45) is 0 Å². The molecule has 0 unspecified atom stereocenters. The quantitative estimate of drug-likeness (QED) is 0.168. The van der Waals surface area contributed by atoms with E-state index in [-0.39, 0.29) is 6.03 Å². The minimum Gasteiger partial charge on any atom is -0.465 e. The first-order valence-electron chi connectivity index (χ1n) is 12.7. The molecule has 0 aromatic heterocycles. The fourth-order valence-electron chi connectivity index (χ4n) is 3.39. The van der Waals surface area contributed by atoms with Crippen LogP contribution in [0.5, 0.6) is 0 Å². The first-order chi connectivity index (χ1) is 20.3. The van der Waals surface area contributed by atoms with Gasteiger partial charge in [-0.2, -0.15) is 0 Å². The Labute approximate surface area is 248 Å². The van der Waals surface area contributed by atoms with E-state index >= 15 is 0 Å². The molecule has 0 aliphatic carbocycles. The van der Waals surface area contributed by atoms with Gasteiger partial charge in [0.25, 0.3) is 0 Å². The van der Waals surface area contributed by atoms with E-state index in [9.17, 15) is 19.2 Å². The van der Waals surface area contributed by atoms with E-state index in [0.29, 0.717) is 45.5 Å². The lowest BCUT2D eigenvalue weighted by molar-refractivity contribution is 0.0525. The highest BCUT2D eigenvalue weighted by Gasteiger charge is 2.08. The lowest BCUT2D eigenvalue weighted by atomic mass is 10.2. The van der Waals surface area contributed by atoms with Crippen LogP contribution in [0.15, 0.2) is 103 Å². The molecule has 4 aromatic carbocycles. The van der Waals surface area contributed by atoms with Crippen LogP contribution < -0.4 is 21.3 Å². The second kappa shape index (κ2) is 16.0. The molecular formula is C31H29ClN4O6. The van der Waals surface area contributed by atoms with Crippen molar-refractivity contribution >= 4 is 58.4 Å². The molecule has 0 radical (unpaired) electrons. The van der Waals surface area contributed by atoms with Gasteiger partial charge in [-0.05, 0) is 85.8 Å². The van der Waals surface area contributed by atoms with Crippen molar-refractivity contribution in [2.75, 3.05) is 35.0 Å². The molecule has 0 atom stereocenters. The molecule has 0 fully saturated rings. The Morgan fingerprint density at radius 1 is 0.595 bits per heavy atom. The fourth-order valence-corrected chi connectivity index (χ4v) is 3.58. The molecule has 4 aromatic rings. The largest absolute Gasteiger partial charge is 0.465 e. The maximum Gasteiger partial charge on any atom is 0.338 e. The average molecular weight is 589 g/mol. The summed E-state index contributed by atoms with van der Waals surface area (Å²) in [5.74, 6) is -0.803. The number of para-hydroxylation sites is 1. The highest BCUT2D eigenvalue weighted by Crippen LogP contribution is 2.16. The van der Waals surface area contributed by atoms with E-state index in [1.807, 2.05) is 18.2 Å².